The van der Waals surface area contributed by atoms with Crippen molar-refractivity contribution in [2.24, 2.45) is 5.16 Å². The molecule has 0 radical (unpaired) electrons. The highest BCUT2D eigenvalue weighted by Crippen LogP contribution is 2.22. The number of nitrogens with one attached hydrogen (secondary N) is 1. The zero-order valence-corrected chi connectivity index (χ0v) is 11.5. The minimum Gasteiger partial charge on any atom is -0.505 e. The molecule has 0 fully saturated rings. The van der Waals surface area contributed by atoms with Crippen molar-refractivity contribution in [2.45, 2.75) is 13.8 Å². The average molecular weight is 283 g/mol. The standard InChI is InChI=1S/C10H13N3O3.C2H4O2/c1-3-11-10(15)8-9(14)6(2)7(4-12-8)5-13-16;1-4-2-3/h4-5,14,16H,3H2,1-2H3,(H,11,15);2H,1H3/b13-5+;. The third kappa shape index (κ3) is 4.92. The van der Waals surface area contributed by atoms with Gasteiger partial charge in [-0.25, -0.2) is 4.98 Å². The molecule has 0 saturated carbocycles. The first-order chi connectivity index (χ1) is 9.53. The zero-order chi connectivity index (χ0) is 15.5. The van der Waals surface area contributed by atoms with Crippen LogP contribution in [0.3, 0.4) is 0 Å². The first-order valence-electron chi connectivity index (χ1n) is 5.64. The maximum absolute atomic E-state index is 11.5. The molecule has 8 nitrogen and oxygen atoms in total. The Morgan fingerprint density at radius 2 is 2.20 bits per heavy atom. The Labute approximate surface area is 116 Å². The zero-order valence-electron chi connectivity index (χ0n) is 11.5. The normalized spacial score (nSPS) is 9.55. The number of carbonyl (C=O) groups is 2. The molecular weight excluding hydrogens is 266 g/mol. The average Bonchev–Trinajstić information content (AvgIpc) is 2.44. The number of nitrogens with zero attached hydrogens (tertiary/aromatic N) is 2. The van der Waals surface area contributed by atoms with Crippen LogP contribution in [0.5, 0.6) is 5.75 Å². The largest absolute Gasteiger partial charge is 0.505 e. The SMILES string of the molecule is CCNC(=O)c1ncc(/C=N/O)c(C)c1O.COC=O. The molecule has 3 N–H and O–H groups in total. The Kier molecular flexibility index (Phi) is 8.08. The summed E-state index contributed by atoms with van der Waals surface area (Å²) in [7, 11) is 1.31. The molecule has 0 aliphatic carbocycles. The van der Waals surface area contributed by atoms with Gasteiger partial charge in [0.2, 0.25) is 0 Å². The summed E-state index contributed by atoms with van der Waals surface area (Å²) in [6.07, 6.45) is 2.50. The van der Waals surface area contributed by atoms with Crippen molar-refractivity contribution in [2.75, 3.05) is 13.7 Å². The van der Waals surface area contributed by atoms with Gasteiger partial charge >= 0.3 is 0 Å². The number of pyridine rings is 1. The highest BCUT2D eigenvalue weighted by molar-refractivity contribution is 5.96. The molecule has 0 spiro atoms. The third-order valence-corrected chi connectivity index (χ3v) is 2.19. The Balaban J connectivity index is 0.000000796. The lowest BCUT2D eigenvalue weighted by Crippen LogP contribution is -2.24. The van der Waals surface area contributed by atoms with Gasteiger partial charge in [-0.2, -0.15) is 0 Å². The van der Waals surface area contributed by atoms with Crippen LogP contribution in [0.15, 0.2) is 11.4 Å². The number of methoxy groups -OCH3 is 1. The second kappa shape index (κ2) is 9.31. The van der Waals surface area contributed by atoms with Crippen molar-refractivity contribution < 1.29 is 24.6 Å². The third-order valence-electron chi connectivity index (χ3n) is 2.19. The molecule has 20 heavy (non-hydrogen) atoms. The minimum absolute atomic E-state index is 0.0329. The number of oxime groups is 1. The van der Waals surface area contributed by atoms with Crippen LogP contribution in [0, 0.1) is 6.92 Å². The van der Waals surface area contributed by atoms with Crippen molar-refractivity contribution in [1.29, 1.82) is 0 Å². The maximum Gasteiger partial charge on any atom is 0.292 e. The molecule has 1 amide bonds. The molecule has 0 aliphatic heterocycles. The van der Waals surface area contributed by atoms with E-state index in [1.54, 1.807) is 13.8 Å². The first-order valence-corrected chi connectivity index (χ1v) is 5.64. The summed E-state index contributed by atoms with van der Waals surface area (Å²) in [5.74, 6) is -0.640. The Hall–Kier alpha value is -2.64. The van der Waals surface area contributed by atoms with Gasteiger partial charge in [-0.05, 0) is 13.8 Å². The van der Waals surface area contributed by atoms with E-state index in [0.29, 0.717) is 24.1 Å². The highest BCUT2D eigenvalue weighted by Gasteiger charge is 2.15. The van der Waals surface area contributed by atoms with E-state index in [1.807, 2.05) is 0 Å². The molecule has 0 saturated heterocycles. The maximum atomic E-state index is 11.5. The van der Waals surface area contributed by atoms with E-state index in [-0.39, 0.29) is 11.4 Å². The van der Waals surface area contributed by atoms with Crippen LogP contribution in [0.2, 0.25) is 0 Å². The van der Waals surface area contributed by atoms with E-state index < -0.39 is 5.91 Å². The summed E-state index contributed by atoms with van der Waals surface area (Å²) in [5, 5.41) is 23.5. The van der Waals surface area contributed by atoms with Crippen LogP contribution >= 0.6 is 0 Å². The van der Waals surface area contributed by atoms with E-state index in [9.17, 15) is 9.90 Å². The molecule has 110 valence electrons. The van der Waals surface area contributed by atoms with E-state index in [0.717, 1.165) is 6.21 Å². The van der Waals surface area contributed by atoms with E-state index >= 15 is 0 Å². The molecule has 0 unspecified atom stereocenters. The summed E-state index contributed by atoms with van der Waals surface area (Å²) >= 11 is 0. The number of rotatable bonds is 4. The molecule has 1 aromatic rings. The van der Waals surface area contributed by atoms with Crippen LogP contribution in [-0.4, -0.2) is 47.5 Å². The quantitative estimate of drug-likeness (QED) is 0.319. The number of hydrogen-bond donors (Lipinski definition) is 3. The van der Waals surface area contributed by atoms with Gasteiger partial charge < -0.3 is 20.4 Å². The van der Waals surface area contributed by atoms with Crippen LogP contribution in [0.4, 0.5) is 0 Å². The van der Waals surface area contributed by atoms with Gasteiger partial charge in [0.25, 0.3) is 12.4 Å². The van der Waals surface area contributed by atoms with E-state index in [1.165, 1.54) is 13.3 Å². The van der Waals surface area contributed by atoms with Gasteiger partial charge in [0, 0.05) is 23.9 Å². The van der Waals surface area contributed by atoms with Crippen molar-refractivity contribution in [1.82, 2.24) is 10.3 Å². The Morgan fingerprint density at radius 1 is 1.60 bits per heavy atom. The highest BCUT2D eigenvalue weighted by atomic mass is 16.5. The predicted octanol–water partition coefficient (Wildman–Crippen LogP) is 0.443. The van der Waals surface area contributed by atoms with Gasteiger partial charge in [-0.3, -0.25) is 9.59 Å². The summed E-state index contributed by atoms with van der Waals surface area (Å²) in [6, 6.07) is 0. The second-order valence-corrected chi connectivity index (χ2v) is 3.47. The summed E-state index contributed by atoms with van der Waals surface area (Å²) in [6.45, 7) is 4.21. The van der Waals surface area contributed by atoms with Gasteiger partial charge in [0.15, 0.2) is 5.69 Å². The molecule has 0 aromatic carbocycles. The number of amides is 1. The first kappa shape index (κ1) is 17.4. The Morgan fingerprint density at radius 3 is 2.65 bits per heavy atom. The van der Waals surface area contributed by atoms with Crippen LogP contribution in [-0.2, 0) is 9.53 Å². The lowest BCUT2D eigenvalue weighted by atomic mass is 10.1. The lowest BCUT2D eigenvalue weighted by Gasteiger charge is -2.07. The van der Waals surface area contributed by atoms with Crippen molar-refractivity contribution >= 4 is 18.6 Å². The van der Waals surface area contributed by atoms with Crippen LogP contribution in [0.1, 0.15) is 28.5 Å². The summed E-state index contributed by atoms with van der Waals surface area (Å²) < 4.78 is 3.86. The predicted molar refractivity (Wildman–Crippen MR) is 71.1 cm³/mol. The van der Waals surface area contributed by atoms with Crippen LogP contribution in [0.25, 0.3) is 0 Å². The molecule has 1 rings (SSSR count). The molecule has 1 heterocycles. The number of aromatic nitrogens is 1. The number of carbonyl (C=O) groups excluding carboxylic acids is 2. The molecular formula is C12H17N3O5. The Bertz CT molecular complexity index is 488. The van der Waals surface area contributed by atoms with Gasteiger partial charge in [-0.15, -0.1) is 0 Å². The fourth-order valence-corrected chi connectivity index (χ4v) is 1.21. The van der Waals surface area contributed by atoms with Crippen molar-refractivity contribution in [3.05, 3.63) is 23.0 Å². The minimum atomic E-state index is -0.435. The number of hydrogen-bond acceptors (Lipinski definition) is 7. The molecule has 0 bridgehead atoms. The lowest BCUT2D eigenvalue weighted by molar-refractivity contribution is -0.126. The monoisotopic (exact) mass is 283 g/mol. The van der Waals surface area contributed by atoms with Crippen LogP contribution < -0.4 is 5.32 Å². The van der Waals surface area contributed by atoms with Crippen molar-refractivity contribution in [3.63, 3.8) is 0 Å². The van der Waals surface area contributed by atoms with Crippen molar-refractivity contribution in [3.8, 4) is 5.75 Å². The molecule has 1 aromatic heterocycles. The molecule has 8 heteroatoms. The molecule has 0 atom stereocenters. The fourth-order valence-electron chi connectivity index (χ4n) is 1.21. The summed E-state index contributed by atoms with van der Waals surface area (Å²) in [4.78, 5) is 24.2. The van der Waals surface area contributed by atoms with Gasteiger partial charge in [-0.1, -0.05) is 5.16 Å². The number of ether oxygens (including phenoxy) is 1. The second-order valence-electron chi connectivity index (χ2n) is 3.47. The summed E-state index contributed by atoms with van der Waals surface area (Å²) in [5.41, 5.74) is 0.858. The van der Waals surface area contributed by atoms with E-state index in [4.69, 9.17) is 10.0 Å². The van der Waals surface area contributed by atoms with E-state index in [2.05, 4.69) is 20.2 Å². The van der Waals surface area contributed by atoms with Gasteiger partial charge in [0.05, 0.1) is 13.3 Å². The number of aromatic hydroxyl groups is 1. The fraction of sp³-hybridized carbons (Fsp3) is 0.333. The smallest absolute Gasteiger partial charge is 0.292 e. The topological polar surface area (TPSA) is 121 Å². The molecule has 0 aliphatic rings. The van der Waals surface area contributed by atoms with Gasteiger partial charge in [0.1, 0.15) is 5.75 Å².